The third-order valence-electron chi connectivity index (χ3n) is 7.27. The number of nitrogens with two attached hydrogens (primary N) is 1. The highest BCUT2D eigenvalue weighted by Crippen LogP contribution is 2.21. The molecule has 6 N–H and O–H groups in total. The number of amides is 4. The zero-order chi connectivity index (χ0) is 34.3. The molecule has 0 saturated heterocycles. The molecule has 1 atom stereocenters. The summed E-state index contributed by atoms with van der Waals surface area (Å²) >= 11 is 0. The van der Waals surface area contributed by atoms with Crippen LogP contribution >= 0.6 is 0 Å². The van der Waals surface area contributed by atoms with Gasteiger partial charge < -0.3 is 36.8 Å². The molecule has 13 heteroatoms. The van der Waals surface area contributed by atoms with Crippen molar-refractivity contribution < 1.29 is 19.2 Å². The van der Waals surface area contributed by atoms with Gasteiger partial charge in [-0.25, -0.2) is 4.98 Å². The monoisotopic (exact) mass is 643 g/mol. The fourth-order valence-electron chi connectivity index (χ4n) is 4.29. The molecule has 0 bridgehead atoms. The topological polar surface area (TPSA) is 175 Å². The van der Waals surface area contributed by atoms with Crippen molar-refractivity contribution >= 4 is 52.5 Å². The molecule has 1 aromatic heterocycles. The first-order chi connectivity index (χ1) is 22.5. The number of unbranched alkanes of at least 4 members (excludes halogenated alkanes) is 1. The van der Waals surface area contributed by atoms with Gasteiger partial charge in [-0.2, -0.15) is 4.98 Å². The van der Waals surface area contributed by atoms with E-state index in [2.05, 4.69) is 43.1 Å². The van der Waals surface area contributed by atoms with Crippen LogP contribution in [0.3, 0.4) is 0 Å². The summed E-state index contributed by atoms with van der Waals surface area (Å²) in [5, 5.41) is 11.9. The molecule has 4 amide bonds. The van der Waals surface area contributed by atoms with E-state index in [1.807, 2.05) is 14.0 Å². The van der Waals surface area contributed by atoms with Crippen molar-refractivity contribution in [2.45, 2.75) is 46.1 Å². The fraction of sp³-hybridized carbons (Fsp3) is 0.353. The molecule has 13 nitrogen and oxygen atoms in total. The van der Waals surface area contributed by atoms with E-state index < -0.39 is 17.9 Å². The van der Waals surface area contributed by atoms with E-state index in [0.717, 1.165) is 25.8 Å². The van der Waals surface area contributed by atoms with Crippen molar-refractivity contribution in [3.05, 3.63) is 78.0 Å². The van der Waals surface area contributed by atoms with Gasteiger partial charge in [-0.1, -0.05) is 32.4 Å². The third kappa shape index (κ3) is 11.2. The Balaban J connectivity index is 1.65. The smallest absolute Gasteiger partial charge is 0.260 e. The molecule has 0 saturated carbocycles. The van der Waals surface area contributed by atoms with Crippen LogP contribution in [0.2, 0.25) is 0 Å². The Bertz CT molecular complexity index is 1560. The summed E-state index contributed by atoms with van der Waals surface area (Å²) in [6, 6.07) is 12.5. The molecular weight excluding hydrogens is 598 g/mol. The second-order valence-electron chi connectivity index (χ2n) is 11.1. The number of carbonyl (C=O) groups excluding carboxylic acids is 4. The van der Waals surface area contributed by atoms with Crippen LogP contribution in [0.15, 0.2) is 66.9 Å². The van der Waals surface area contributed by atoms with Gasteiger partial charge in [0.1, 0.15) is 17.4 Å². The number of rotatable bonds is 17. The second kappa shape index (κ2) is 18.0. The number of primary amides is 1. The highest BCUT2D eigenvalue weighted by Gasteiger charge is 2.21. The van der Waals surface area contributed by atoms with E-state index in [9.17, 15) is 19.2 Å². The van der Waals surface area contributed by atoms with E-state index in [1.165, 1.54) is 17.2 Å². The number of carbonyl (C=O) groups is 4. The Labute approximate surface area is 276 Å². The summed E-state index contributed by atoms with van der Waals surface area (Å²) in [6.07, 6.45) is 7.70. The van der Waals surface area contributed by atoms with Crippen molar-refractivity contribution in [3.8, 4) is 0 Å². The number of hydrogen-bond donors (Lipinski definition) is 5. The summed E-state index contributed by atoms with van der Waals surface area (Å²) in [5.41, 5.74) is 7.44. The normalized spacial score (nSPS) is 11.6. The van der Waals surface area contributed by atoms with Crippen LogP contribution in [-0.2, 0) is 9.59 Å². The first-order valence-electron chi connectivity index (χ1n) is 15.6. The molecular formula is C34H45N9O4. The average Bonchev–Trinajstić information content (AvgIpc) is 3.06. The van der Waals surface area contributed by atoms with Crippen LogP contribution in [0.25, 0.3) is 0 Å². The molecule has 3 aromatic rings. The Morgan fingerprint density at radius 2 is 1.66 bits per heavy atom. The van der Waals surface area contributed by atoms with Crippen molar-refractivity contribution in [1.82, 2.24) is 19.8 Å². The van der Waals surface area contributed by atoms with Gasteiger partial charge in [-0.15, -0.1) is 0 Å². The lowest BCUT2D eigenvalue weighted by Crippen LogP contribution is -2.42. The molecule has 0 aliphatic carbocycles. The molecule has 2 aromatic carbocycles. The number of benzene rings is 2. The van der Waals surface area contributed by atoms with Gasteiger partial charge >= 0.3 is 0 Å². The minimum Gasteiger partial charge on any atom is -0.369 e. The maximum Gasteiger partial charge on any atom is 0.260 e. The van der Waals surface area contributed by atoms with Gasteiger partial charge in [-0.05, 0) is 75.8 Å². The largest absolute Gasteiger partial charge is 0.369 e. The first-order valence-corrected chi connectivity index (χ1v) is 15.6. The SMILES string of the molecule is CCCCN(C)C/C=C/C(=O)N(C)[C@@H](C)C(=O)Nc1cccc(NC(=O)c2cnc(Nc3ccc(C(N)=O)cc3)nc2NCCC)c1. The predicted molar refractivity (Wildman–Crippen MR) is 186 cm³/mol. The molecule has 1 heterocycles. The molecule has 0 unspecified atom stereocenters. The van der Waals surface area contributed by atoms with Crippen LogP contribution in [0.4, 0.5) is 28.8 Å². The fourth-order valence-corrected chi connectivity index (χ4v) is 4.29. The summed E-state index contributed by atoms with van der Waals surface area (Å²) in [5.74, 6) is -1.03. The quantitative estimate of drug-likeness (QED) is 0.133. The zero-order valence-electron chi connectivity index (χ0n) is 27.7. The minimum atomic E-state index is -0.735. The van der Waals surface area contributed by atoms with Crippen molar-refractivity contribution in [3.63, 3.8) is 0 Å². The number of likely N-dealkylation sites (N-methyl/N-ethyl adjacent to an activating group) is 2. The maximum absolute atomic E-state index is 13.3. The molecule has 0 radical (unpaired) electrons. The molecule has 0 spiro atoms. The number of nitrogens with one attached hydrogen (secondary N) is 4. The van der Waals surface area contributed by atoms with E-state index in [0.29, 0.717) is 41.5 Å². The number of nitrogens with zero attached hydrogens (tertiary/aromatic N) is 4. The predicted octanol–water partition coefficient (Wildman–Crippen LogP) is 4.47. The lowest BCUT2D eigenvalue weighted by atomic mass is 10.2. The van der Waals surface area contributed by atoms with Crippen LogP contribution in [0, 0.1) is 0 Å². The van der Waals surface area contributed by atoms with Crippen LogP contribution < -0.4 is 27.0 Å². The number of anilines is 5. The Morgan fingerprint density at radius 3 is 2.32 bits per heavy atom. The summed E-state index contributed by atoms with van der Waals surface area (Å²) in [4.78, 5) is 62.6. The first kappa shape index (κ1) is 36.2. The van der Waals surface area contributed by atoms with Crippen molar-refractivity contribution in [1.29, 1.82) is 0 Å². The number of hydrogen-bond acceptors (Lipinski definition) is 9. The second-order valence-corrected chi connectivity index (χ2v) is 11.1. The van der Waals surface area contributed by atoms with Gasteiger partial charge in [-0.3, -0.25) is 19.2 Å². The average molecular weight is 644 g/mol. The van der Waals surface area contributed by atoms with Gasteiger partial charge in [0.15, 0.2) is 0 Å². The lowest BCUT2D eigenvalue weighted by molar-refractivity contribution is -0.132. The van der Waals surface area contributed by atoms with Gasteiger partial charge in [0, 0.05) is 55.0 Å². The van der Waals surface area contributed by atoms with Crippen LogP contribution in [0.1, 0.15) is 60.7 Å². The maximum atomic E-state index is 13.3. The van der Waals surface area contributed by atoms with Gasteiger partial charge in [0.2, 0.25) is 23.7 Å². The minimum absolute atomic E-state index is 0.223. The summed E-state index contributed by atoms with van der Waals surface area (Å²) < 4.78 is 0. The highest BCUT2D eigenvalue weighted by atomic mass is 16.2. The Kier molecular flexibility index (Phi) is 13.9. The zero-order valence-corrected chi connectivity index (χ0v) is 27.7. The van der Waals surface area contributed by atoms with Crippen LogP contribution in [0.5, 0.6) is 0 Å². The summed E-state index contributed by atoms with van der Waals surface area (Å²) in [7, 11) is 3.59. The van der Waals surface area contributed by atoms with E-state index >= 15 is 0 Å². The molecule has 250 valence electrons. The van der Waals surface area contributed by atoms with Crippen molar-refractivity contribution in [2.24, 2.45) is 5.73 Å². The lowest BCUT2D eigenvalue weighted by Gasteiger charge is -2.23. The molecule has 3 rings (SSSR count). The Morgan fingerprint density at radius 1 is 0.957 bits per heavy atom. The Hall–Kier alpha value is -5.30. The number of aromatic nitrogens is 2. The van der Waals surface area contributed by atoms with Crippen LogP contribution in [-0.4, -0.2) is 83.2 Å². The van der Waals surface area contributed by atoms with E-state index in [4.69, 9.17) is 5.73 Å². The van der Waals surface area contributed by atoms with E-state index in [1.54, 1.807) is 68.6 Å². The highest BCUT2D eigenvalue weighted by molar-refractivity contribution is 6.08. The van der Waals surface area contributed by atoms with Gasteiger partial charge in [0.05, 0.1) is 0 Å². The van der Waals surface area contributed by atoms with Gasteiger partial charge in [0.25, 0.3) is 5.91 Å². The summed E-state index contributed by atoms with van der Waals surface area (Å²) in [6.45, 7) is 7.96. The van der Waals surface area contributed by atoms with E-state index in [-0.39, 0.29) is 23.3 Å². The molecule has 47 heavy (non-hydrogen) atoms. The standard InChI is InChI=1S/C34H45N9O4/c1-6-8-19-42(4)20-10-13-29(44)43(5)23(3)32(46)38-26-11-9-12-27(21-26)39-33(47)28-22-37-34(41-31(28)36-18-7-2)40-25-16-14-24(15-17-25)30(35)45/h9-17,21-23H,6-8,18-20H2,1-5H3,(H2,35,45)(H,38,46)(H,39,47)(H2,36,37,40,41)/b13-10+/t23-/m0/s1. The molecule has 0 fully saturated rings. The third-order valence-corrected chi connectivity index (χ3v) is 7.27. The molecule has 0 aliphatic heterocycles. The molecule has 0 aliphatic rings. The van der Waals surface area contributed by atoms with Crippen molar-refractivity contribution in [2.75, 3.05) is 55.0 Å².